The van der Waals surface area contributed by atoms with Gasteiger partial charge in [0.05, 0.1) is 25.3 Å². The number of amides is 1. The first-order chi connectivity index (χ1) is 5.70. The molecule has 1 amide bonds. The van der Waals surface area contributed by atoms with Gasteiger partial charge in [-0.3, -0.25) is 4.79 Å². The molecule has 3 heterocycles. The Morgan fingerprint density at radius 2 is 2.00 bits per heavy atom. The third-order valence-electron chi connectivity index (χ3n) is 2.70. The smallest absolute Gasteiger partial charge is 0.225 e. The molecule has 68 valence electrons. The minimum Gasteiger partial charge on any atom is -0.377 e. The molecule has 2 bridgehead atoms. The Labute approximate surface area is 72.7 Å². The van der Waals surface area contributed by atoms with Crippen molar-refractivity contribution < 1.29 is 9.53 Å². The van der Waals surface area contributed by atoms with E-state index in [2.05, 4.69) is 0 Å². The molecule has 0 N–H and O–H groups in total. The van der Waals surface area contributed by atoms with Crippen molar-refractivity contribution in [3.05, 3.63) is 0 Å². The molecule has 2 unspecified atom stereocenters. The van der Waals surface area contributed by atoms with E-state index in [-0.39, 0.29) is 5.92 Å². The van der Waals surface area contributed by atoms with E-state index in [1.165, 1.54) is 0 Å². The predicted molar refractivity (Wildman–Crippen MR) is 44.7 cm³/mol. The van der Waals surface area contributed by atoms with Crippen LogP contribution in [0.3, 0.4) is 0 Å². The largest absolute Gasteiger partial charge is 0.377 e. The highest BCUT2D eigenvalue weighted by atomic mass is 16.5. The van der Waals surface area contributed by atoms with Gasteiger partial charge in [-0.15, -0.1) is 0 Å². The average Bonchev–Trinajstić information content (AvgIpc) is 2.05. The fraction of sp³-hybridized carbons (Fsp3) is 0.889. The highest BCUT2D eigenvalue weighted by Crippen LogP contribution is 2.31. The Bertz CT molecular complexity index is 189. The number of morpholine rings is 1. The fourth-order valence-electron chi connectivity index (χ4n) is 2.00. The van der Waals surface area contributed by atoms with Crippen molar-refractivity contribution in [2.24, 2.45) is 5.92 Å². The van der Waals surface area contributed by atoms with Gasteiger partial charge in [0.2, 0.25) is 5.91 Å². The van der Waals surface area contributed by atoms with Crippen molar-refractivity contribution in [1.82, 2.24) is 4.90 Å². The summed E-state index contributed by atoms with van der Waals surface area (Å²) in [4.78, 5) is 13.6. The van der Waals surface area contributed by atoms with E-state index in [1.807, 2.05) is 18.7 Å². The third kappa shape index (κ3) is 1.04. The van der Waals surface area contributed by atoms with E-state index in [0.29, 0.717) is 18.0 Å². The first-order valence-corrected chi connectivity index (χ1v) is 4.60. The Hall–Kier alpha value is -0.570. The van der Waals surface area contributed by atoms with E-state index in [4.69, 9.17) is 4.74 Å². The van der Waals surface area contributed by atoms with Crippen molar-refractivity contribution in [3.8, 4) is 0 Å². The summed E-state index contributed by atoms with van der Waals surface area (Å²) in [6.45, 7) is 5.40. The SMILES string of the molecule is CC(C)C(=O)N1C2COCC1C2. The summed E-state index contributed by atoms with van der Waals surface area (Å²) in [7, 11) is 0. The zero-order valence-corrected chi connectivity index (χ0v) is 7.62. The first kappa shape index (κ1) is 8.05. The van der Waals surface area contributed by atoms with Gasteiger partial charge >= 0.3 is 0 Å². The van der Waals surface area contributed by atoms with Crippen LogP contribution in [0.25, 0.3) is 0 Å². The minimum absolute atomic E-state index is 0.133. The van der Waals surface area contributed by atoms with Crippen LogP contribution < -0.4 is 0 Å². The molecule has 0 radical (unpaired) electrons. The number of carbonyl (C=O) groups is 1. The van der Waals surface area contributed by atoms with Crippen LogP contribution in [-0.4, -0.2) is 36.1 Å². The molecule has 3 aliphatic heterocycles. The van der Waals surface area contributed by atoms with Crippen LogP contribution in [0, 0.1) is 5.92 Å². The Morgan fingerprint density at radius 3 is 2.42 bits per heavy atom. The lowest BCUT2D eigenvalue weighted by molar-refractivity contribution is -0.170. The van der Waals surface area contributed by atoms with Crippen LogP contribution in [0.15, 0.2) is 0 Å². The predicted octanol–water partition coefficient (Wildman–Crippen LogP) is 0.642. The summed E-state index contributed by atoms with van der Waals surface area (Å²) < 4.78 is 5.30. The minimum atomic E-state index is 0.133. The van der Waals surface area contributed by atoms with Crippen molar-refractivity contribution in [1.29, 1.82) is 0 Å². The second kappa shape index (κ2) is 2.73. The topological polar surface area (TPSA) is 29.5 Å². The maximum atomic E-state index is 11.6. The molecule has 2 atom stereocenters. The van der Waals surface area contributed by atoms with Gasteiger partial charge in [0.25, 0.3) is 0 Å². The van der Waals surface area contributed by atoms with Crippen LogP contribution in [0.2, 0.25) is 0 Å². The molecule has 0 spiro atoms. The lowest BCUT2D eigenvalue weighted by Crippen LogP contribution is -2.66. The van der Waals surface area contributed by atoms with Crippen LogP contribution in [0.5, 0.6) is 0 Å². The third-order valence-corrected chi connectivity index (χ3v) is 2.70. The number of hydrogen-bond donors (Lipinski definition) is 0. The number of carbonyl (C=O) groups excluding carboxylic acids is 1. The monoisotopic (exact) mass is 169 g/mol. The number of rotatable bonds is 1. The molecule has 0 aromatic rings. The van der Waals surface area contributed by atoms with Gasteiger partial charge in [-0.05, 0) is 6.42 Å². The van der Waals surface area contributed by atoms with E-state index in [0.717, 1.165) is 19.6 Å². The Balaban J connectivity index is 2.01. The van der Waals surface area contributed by atoms with Crippen LogP contribution >= 0.6 is 0 Å². The van der Waals surface area contributed by atoms with Crippen molar-refractivity contribution in [3.63, 3.8) is 0 Å². The number of hydrogen-bond acceptors (Lipinski definition) is 2. The van der Waals surface area contributed by atoms with Gasteiger partial charge in [-0.25, -0.2) is 0 Å². The van der Waals surface area contributed by atoms with Gasteiger partial charge in [-0.1, -0.05) is 13.8 Å². The lowest BCUT2D eigenvalue weighted by atomic mass is 9.90. The second-order valence-corrected chi connectivity index (χ2v) is 3.98. The van der Waals surface area contributed by atoms with Crippen molar-refractivity contribution in [2.75, 3.05) is 13.2 Å². The van der Waals surface area contributed by atoms with Crippen LogP contribution in [0.4, 0.5) is 0 Å². The molecular formula is C9H15NO2. The van der Waals surface area contributed by atoms with E-state index >= 15 is 0 Å². The standard InChI is InChI=1S/C9H15NO2/c1-6(2)9(11)10-7-3-8(10)5-12-4-7/h6-8H,3-5H2,1-2H3. The van der Waals surface area contributed by atoms with Gasteiger partial charge in [0, 0.05) is 5.92 Å². The lowest BCUT2D eigenvalue weighted by Gasteiger charge is -2.52. The summed E-state index contributed by atoms with van der Waals surface area (Å²) in [5.41, 5.74) is 0. The van der Waals surface area contributed by atoms with E-state index < -0.39 is 0 Å². The Morgan fingerprint density at radius 1 is 1.42 bits per heavy atom. The van der Waals surface area contributed by atoms with Gasteiger partial charge < -0.3 is 9.64 Å². The fourth-order valence-corrected chi connectivity index (χ4v) is 2.00. The second-order valence-electron chi connectivity index (χ2n) is 3.98. The highest BCUT2D eigenvalue weighted by Gasteiger charge is 2.45. The summed E-state index contributed by atoms with van der Waals surface area (Å²) >= 11 is 0. The maximum Gasteiger partial charge on any atom is 0.225 e. The van der Waals surface area contributed by atoms with Gasteiger partial charge in [0.15, 0.2) is 0 Å². The van der Waals surface area contributed by atoms with Gasteiger partial charge in [0.1, 0.15) is 0 Å². The average molecular weight is 169 g/mol. The van der Waals surface area contributed by atoms with Crippen molar-refractivity contribution in [2.45, 2.75) is 32.4 Å². The molecule has 0 saturated carbocycles. The van der Waals surface area contributed by atoms with Crippen LogP contribution in [0.1, 0.15) is 20.3 Å². The van der Waals surface area contributed by atoms with Crippen LogP contribution in [-0.2, 0) is 9.53 Å². The van der Waals surface area contributed by atoms with E-state index in [1.54, 1.807) is 0 Å². The summed E-state index contributed by atoms with van der Waals surface area (Å²) in [5, 5.41) is 0. The molecule has 0 aromatic heterocycles. The molecule has 3 saturated heterocycles. The summed E-state index contributed by atoms with van der Waals surface area (Å²) in [5.74, 6) is 0.424. The maximum absolute atomic E-state index is 11.6. The van der Waals surface area contributed by atoms with E-state index in [9.17, 15) is 4.79 Å². The first-order valence-electron chi connectivity index (χ1n) is 4.60. The quantitative estimate of drug-likeness (QED) is 0.576. The molecule has 3 rings (SSSR count). The number of fused-ring (bicyclic) bond motifs is 2. The van der Waals surface area contributed by atoms with Crippen molar-refractivity contribution >= 4 is 5.91 Å². The zero-order valence-electron chi connectivity index (χ0n) is 7.62. The molecule has 3 nitrogen and oxygen atoms in total. The summed E-state index contributed by atoms with van der Waals surface area (Å²) in [6.07, 6.45) is 1.15. The molecule has 3 heteroatoms. The molecular weight excluding hydrogens is 154 g/mol. The van der Waals surface area contributed by atoms with Gasteiger partial charge in [-0.2, -0.15) is 0 Å². The molecule has 12 heavy (non-hydrogen) atoms. The normalized spacial score (nSPS) is 33.4. The summed E-state index contributed by atoms with van der Waals surface area (Å²) in [6, 6.07) is 0.775. The Kier molecular flexibility index (Phi) is 1.83. The number of nitrogens with zero attached hydrogens (tertiary/aromatic N) is 1. The molecule has 0 aliphatic carbocycles. The molecule has 0 aromatic carbocycles. The highest BCUT2D eigenvalue weighted by molar-refractivity contribution is 5.79. The number of ether oxygens (including phenoxy) is 1. The zero-order chi connectivity index (χ0) is 8.72. The molecule has 3 aliphatic rings. The molecule has 3 fully saturated rings.